The van der Waals surface area contributed by atoms with Gasteiger partial charge in [0.15, 0.2) is 9.84 Å². The molecule has 0 radical (unpaired) electrons. The lowest BCUT2D eigenvalue weighted by atomic mass is 10.1. The van der Waals surface area contributed by atoms with Gasteiger partial charge < -0.3 is 14.4 Å². The molecule has 182 valence electrons. The van der Waals surface area contributed by atoms with Crippen LogP contribution in [-0.2, 0) is 32.3 Å². The van der Waals surface area contributed by atoms with Crippen LogP contribution in [0.3, 0.4) is 0 Å². The van der Waals surface area contributed by atoms with Crippen LogP contribution in [0.4, 0.5) is 5.69 Å². The molecule has 9 heteroatoms. The molecule has 8 nitrogen and oxygen atoms in total. The maximum Gasteiger partial charge on any atom is 0.261 e. The summed E-state index contributed by atoms with van der Waals surface area (Å²) in [7, 11) is -1.58. The zero-order chi connectivity index (χ0) is 24.5. The third-order valence-electron chi connectivity index (χ3n) is 6.33. The van der Waals surface area contributed by atoms with Gasteiger partial charge in [0, 0.05) is 38.7 Å². The molecule has 4 rings (SSSR count). The Labute approximate surface area is 200 Å². The third-order valence-corrected chi connectivity index (χ3v) is 7.44. The molecule has 1 aromatic heterocycles. The summed E-state index contributed by atoms with van der Waals surface area (Å²) in [5.74, 6) is 0.652. The highest BCUT2D eigenvalue weighted by Gasteiger charge is 2.21. The molecule has 1 atom stereocenters. The minimum atomic E-state index is -3.25. The molecular weight excluding hydrogens is 454 g/mol. The van der Waals surface area contributed by atoms with Crippen molar-refractivity contribution < 1.29 is 17.9 Å². The summed E-state index contributed by atoms with van der Waals surface area (Å²) in [6, 6.07) is 10.9. The number of nitrogens with zero attached hydrogens (tertiary/aromatic N) is 3. The summed E-state index contributed by atoms with van der Waals surface area (Å²) in [5, 5.41) is 0.584. The standard InChI is InChI=1S/C25H31N3O5S/c1-17-13-22(34(4,30)31)7-5-19(17)9-10-28-18(2)26-24-14-20(6-8-23(24)25(28)29)27-11-12-33-21(15-27)16-32-3/h5-8,13-14,21H,9-12,15-16H2,1-4H3/t21-/m1/s1. The lowest BCUT2D eigenvalue weighted by molar-refractivity contribution is -0.0100. The van der Waals surface area contributed by atoms with Crippen molar-refractivity contribution in [3.05, 3.63) is 63.7 Å². The van der Waals surface area contributed by atoms with E-state index in [1.54, 1.807) is 23.8 Å². The van der Waals surface area contributed by atoms with Crippen molar-refractivity contribution in [1.82, 2.24) is 9.55 Å². The normalized spacial score (nSPS) is 16.8. The van der Waals surface area contributed by atoms with Crippen LogP contribution in [0.2, 0.25) is 0 Å². The van der Waals surface area contributed by atoms with Gasteiger partial charge >= 0.3 is 0 Å². The molecule has 0 N–H and O–H groups in total. The minimum Gasteiger partial charge on any atom is -0.382 e. The van der Waals surface area contributed by atoms with E-state index < -0.39 is 9.84 Å². The number of aryl methyl sites for hydroxylation is 3. The second-order valence-electron chi connectivity index (χ2n) is 8.82. The first kappa shape index (κ1) is 24.4. The number of rotatable bonds is 7. The lowest BCUT2D eigenvalue weighted by Gasteiger charge is -2.34. The fourth-order valence-corrected chi connectivity index (χ4v) is 5.14. The van der Waals surface area contributed by atoms with E-state index in [0.717, 1.165) is 29.9 Å². The van der Waals surface area contributed by atoms with E-state index in [0.29, 0.717) is 47.8 Å². The maximum atomic E-state index is 13.3. The highest BCUT2D eigenvalue weighted by atomic mass is 32.2. The molecule has 3 aromatic rings. The number of morpholine rings is 1. The van der Waals surface area contributed by atoms with Gasteiger partial charge in [-0.15, -0.1) is 0 Å². The molecule has 0 bridgehead atoms. The van der Waals surface area contributed by atoms with Crippen LogP contribution in [0, 0.1) is 13.8 Å². The number of aromatic nitrogens is 2. The van der Waals surface area contributed by atoms with Crippen molar-refractivity contribution in [1.29, 1.82) is 0 Å². The van der Waals surface area contributed by atoms with Gasteiger partial charge in [-0.3, -0.25) is 9.36 Å². The molecule has 1 fully saturated rings. The summed E-state index contributed by atoms with van der Waals surface area (Å²) < 4.78 is 36.2. The quantitative estimate of drug-likeness (QED) is 0.508. The fraction of sp³-hybridized carbons (Fsp3) is 0.440. The molecular formula is C25H31N3O5S. The Balaban J connectivity index is 1.57. The predicted molar refractivity (Wildman–Crippen MR) is 133 cm³/mol. The molecule has 0 amide bonds. The van der Waals surface area contributed by atoms with E-state index in [4.69, 9.17) is 14.5 Å². The monoisotopic (exact) mass is 485 g/mol. The average Bonchev–Trinajstić information content (AvgIpc) is 2.79. The summed E-state index contributed by atoms with van der Waals surface area (Å²) >= 11 is 0. The van der Waals surface area contributed by atoms with Gasteiger partial charge in [-0.2, -0.15) is 0 Å². The topological polar surface area (TPSA) is 90.7 Å². The van der Waals surface area contributed by atoms with Crippen molar-refractivity contribution in [2.24, 2.45) is 0 Å². The Bertz CT molecular complexity index is 1360. The Morgan fingerprint density at radius 2 is 1.97 bits per heavy atom. The Kier molecular flexibility index (Phi) is 7.06. The van der Waals surface area contributed by atoms with E-state index in [-0.39, 0.29) is 11.7 Å². The number of anilines is 1. The smallest absolute Gasteiger partial charge is 0.261 e. The third kappa shape index (κ3) is 5.16. The predicted octanol–water partition coefficient (Wildman–Crippen LogP) is 2.51. The van der Waals surface area contributed by atoms with E-state index in [9.17, 15) is 13.2 Å². The number of benzene rings is 2. The summed E-state index contributed by atoms with van der Waals surface area (Å²) in [6.07, 6.45) is 1.83. The summed E-state index contributed by atoms with van der Waals surface area (Å²) in [6.45, 7) is 6.88. The molecule has 2 heterocycles. The number of hydrogen-bond donors (Lipinski definition) is 0. The SMILES string of the molecule is COC[C@H]1CN(c2ccc3c(=O)n(CCc4ccc(S(C)(=O)=O)cc4C)c(C)nc3c2)CCO1. The van der Waals surface area contributed by atoms with Gasteiger partial charge in [0.1, 0.15) is 5.82 Å². The van der Waals surface area contributed by atoms with E-state index in [1.807, 2.05) is 38.1 Å². The van der Waals surface area contributed by atoms with Gasteiger partial charge in [0.2, 0.25) is 0 Å². The molecule has 2 aromatic carbocycles. The van der Waals surface area contributed by atoms with Crippen molar-refractivity contribution in [3.8, 4) is 0 Å². The Morgan fingerprint density at radius 1 is 1.18 bits per heavy atom. The second-order valence-corrected chi connectivity index (χ2v) is 10.8. The van der Waals surface area contributed by atoms with Gasteiger partial charge in [-0.25, -0.2) is 13.4 Å². The molecule has 0 saturated carbocycles. The lowest BCUT2D eigenvalue weighted by Crippen LogP contribution is -2.44. The molecule has 0 spiro atoms. The number of ether oxygens (including phenoxy) is 2. The van der Waals surface area contributed by atoms with E-state index in [2.05, 4.69) is 4.90 Å². The first-order chi connectivity index (χ1) is 16.2. The molecule has 1 aliphatic heterocycles. The highest BCUT2D eigenvalue weighted by molar-refractivity contribution is 7.90. The molecule has 0 unspecified atom stereocenters. The highest BCUT2D eigenvalue weighted by Crippen LogP contribution is 2.22. The number of fused-ring (bicyclic) bond motifs is 1. The van der Waals surface area contributed by atoms with Gasteiger partial charge in [-0.05, 0) is 61.7 Å². The van der Waals surface area contributed by atoms with E-state index in [1.165, 1.54) is 6.26 Å². The summed E-state index contributed by atoms with van der Waals surface area (Å²) in [5.41, 5.74) is 3.53. The van der Waals surface area contributed by atoms with Gasteiger partial charge in [0.05, 0.1) is 35.1 Å². The van der Waals surface area contributed by atoms with Crippen molar-refractivity contribution in [2.75, 3.05) is 44.6 Å². The Morgan fingerprint density at radius 3 is 2.68 bits per heavy atom. The number of sulfone groups is 1. The molecule has 1 saturated heterocycles. The molecule has 1 aliphatic rings. The number of hydrogen-bond acceptors (Lipinski definition) is 7. The van der Waals surface area contributed by atoms with Crippen molar-refractivity contribution in [3.63, 3.8) is 0 Å². The molecule has 34 heavy (non-hydrogen) atoms. The minimum absolute atomic E-state index is 0.0205. The number of methoxy groups -OCH3 is 1. The van der Waals surface area contributed by atoms with Crippen LogP contribution in [0.5, 0.6) is 0 Å². The van der Waals surface area contributed by atoms with Crippen LogP contribution >= 0.6 is 0 Å². The van der Waals surface area contributed by atoms with Gasteiger partial charge in [-0.1, -0.05) is 6.07 Å². The van der Waals surface area contributed by atoms with Crippen LogP contribution < -0.4 is 10.5 Å². The van der Waals surface area contributed by atoms with Crippen molar-refractivity contribution >= 4 is 26.4 Å². The average molecular weight is 486 g/mol. The largest absolute Gasteiger partial charge is 0.382 e. The van der Waals surface area contributed by atoms with Gasteiger partial charge in [0.25, 0.3) is 5.56 Å². The van der Waals surface area contributed by atoms with Crippen molar-refractivity contribution in [2.45, 2.75) is 37.8 Å². The first-order valence-corrected chi connectivity index (χ1v) is 13.2. The molecule has 0 aliphatic carbocycles. The zero-order valence-electron chi connectivity index (χ0n) is 20.1. The Hall–Kier alpha value is -2.75. The zero-order valence-corrected chi connectivity index (χ0v) is 20.9. The summed E-state index contributed by atoms with van der Waals surface area (Å²) in [4.78, 5) is 20.5. The van der Waals surface area contributed by atoms with Crippen LogP contribution in [0.15, 0.2) is 46.1 Å². The maximum absolute atomic E-state index is 13.3. The van der Waals surface area contributed by atoms with Crippen LogP contribution in [-0.4, -0.2) is 63.7 Å². The second kappa shape index (κ2) is 9.85. The van der Waals surface area contributed by atoms with Crippen LogP contribution in [0.25, 0.3) is 10.9 Å². The first-order valence-electron chi connectivity index (χ1n) is 11.3. The van der Waals surface area contributed by atoms with Crippen LogP contribution in [0.1, 0.15) is 17.0 Å². The fourth-order valence-electron chi connectivity index (χ4n) is 4.43. The van der Waals surface area contributed by atoms with E-state index >= 15 is 0 Å².